The molecule has 0 saturated carbocycles. The predicted molar refractivity (Wildman–Crippen MR) is 100 cm³/mol. The Hall–Kier alpha value is -2.55. The van der Waals surface area contributed by atoms with Crippen LogP contribution in [0.2, 0.25) is 0 Å². The molecule has 4 rings (SSSR count). The van der Waals surface area contributed by atoms with Crippen molar-refractivity contribution in [2.24, 2.45) is 0 Å². The maximum atomic E-state index is 4.55. The van der Waals surface area contributed by atoms with Crippen molar-refractivity contribution < 1.29 is 0 Å². The van der Waals surface area contributed by atoms with Gasteiger partial charge in [-0.05, 0) is 74.0 Å². The minimum Gasteiger partial charge on any atom is -0.347 e. The highest BCUT2D eigenvalue weighted by Gasteiger charge is 2.06. The molecule has 4 aromatic rings. The molecule has 0 saturated heterocycles. The summed E-state index contributed by atoms with van der Waals surface area (Å²) in [6.45, 7) is 8.47. The number of aromatic nitrogens is 3. The molecule has 0 aliphatic heterocycles. The minimum atomic E-state index is 0.991. The fraction of sp³-hybridized carbons (Fsp3) is 0.286. The van der Waals surface area contributed by atoms with Crippen LogP contribution in [0.15, 0.2) is 48.9 Å². The smallest absolute Gasteiger partial charge is 0.0958 e. The van der Waals surface area contributed by atoms with Crippen molar-refractivity contribution in [2.45, 2.75) is 40.3 Å². The summed E-state index contributed by atoms with van der Waals surface area (Å²) < 4.78 is 4.63. The zero-order chi connectivity index (χ0) is 16.7. The van der Waals surface area contributed by atoms with Crippen LogP contribution in [0.3, 0.4) is 0 Å². The molecule has 0 aliphatic rings. The first-order chi connectivity index (χ1) is 11.6. The Morgan fingerprint density at radius 1 is 0.833 bits per heavy atom. The molecular weight excluding hydrogens is 294 g/mol. The highest BCUT2D eigenvalue weighted by Crippen LogP contribution is 2.20. The third-order valence-electron chi connectivity index (χ3n) is 4.96. The van der Waals surface area contributed by atoms with Gasteiger partial charge in [-0.1, -0.05) is 11.6 Å². The lowest BCUT2D eigenvalue weighted by Gasteiger charge is -2.08. The third kappa shape index (κ3) is 2.60. The fourth-order valence-corrected chi connectivity index (χ4v) is 3.42. The SMILES string of the molecule is Cc1ccc2c(ccn2CCCn2cnc3cc(C)c(C)cc32)c1. The van der Waals surface area contributed by atoms with Crippen molar-refractivity contribution in [3.63, 3.8) is 0 Å². The molecule has 2 heterocycles. The number of hydrogen-bond acceptors (Lipinski definition) is 1. The van der Waals surface area contributed by atoms with Crippen LogP contribution in [0.25, 0.3) is 21.9 Å². The number of benzene rings is 2. The number of nitrogens with zero attached hydrogens (tertiary/aromatic N) is 3. The van der Waals surface area contributed by atoms with Gasteiger partial charge < -0.3 is 9.13 Å². The van der Waals surface area contributed by atoms with Gasteiger partial charge in [0.1, 0.15) is 0 Å². The molecule has 3 heteroatoms. The van der Waals surface area contributed by atoms with Gasteiger partial charge in [-0.2, -0.15) is 0 Å². The second-order valence-electron chi connectivity index (χ2n) is 6.79. The number of fused-ring (bicyclic) bond motifs is 2. The van der Waals surface area contributed by atoms with Crippen molar-refractivity contribution >= 4 is 21.9 Å². The molecule has 2 aromatic carbocycles. The first kappa shape index (κ1) is 15.0. The lowest BCUT2D eigenvalue weighted by atomic mass is 10.1. The zero-order valence-corrected chi connectivity index (χ0v) is 14.6. The summed E-state index contributed by atoms with van der Waals surface area (Å²) >= 11 is 0. The van der Waals surface area contributed by atoms with E-state index >= 15 is 0 Å². The van der Waals surface area contributed by atoms with Crippen LogP contribution in [-0.2, 0) is 13.1 Å². The Bertz CT molecular complexity index is 1020. The number of rotatable bonds is 4. The van der Waals surface area contributed by atoms with E-state index in [1.54, 1.807) is 0 Å². The molecule has 0 bridgehead atoms. The van der Waals surface area contributed by atoms with Crippen molar-refractivity contribution in [3.8, 4) is 0 Å². The number of aryl methyl sites for hydroxylation is 5. The van der Waals surface area contributed by atoms with Gasteiger partial charge in [-0.25, -0.2) is 4.98 Å². The summed E-state index contributed by atoms with van der Waals surface area (Å²) in [5, 5.41) is 1.33. The predicted octanol–water partition coefficient (Wildman–Crippen LogP) is 5.01. The van der Waals surface area contributed by atoms with Crippen LogP contribution in [0.1, 0.15) is 23.1 Å². The summed E-state index contributed by atoms with van der Waals surface area (Å²) in [4.78, 5) is 4.55. The molecule has 0 unspecified atom stereocenters. The monoisotopic (exact) mass is 317 g/mol. The van der Waals surface area contributed by atoms with Crippen LogP contribution in [-0.4, -0.2) is 14.1 Å². The Morgan fingerprint density at radius 2 is 1.62 bits per heavy atom. The standard InChI is InChI=1S/C21H23N3/c1-15-5-6-20-18(11-15)7-10-23(20)8-4-9-24-14-22-19-12-16(2)17(3)13-21(19)24/h5-7,10-14H,4,8-9H2,1-3H3. The second kappa shape index (κ2) is 5.82. The molecular formula is C21H23N3. The van der Waals surface area contributed by atoms with Gasteiger partial charge in [-0.15, -0.1) is 0 Å². The van der Waals surface area contributed by atoms with E-state index in [1.165, 1.54) is 33.1 Å². The van der Waals surface area contributed by atoms with E-state index in [4.69, 9.17) is 0 Å². The Morgan fingerprint density at radius 3 is 2.50 bits per heavy atom. The van der Waals surface area contributed by atoms with E-state index in [2.05, 4.69) is 77.5 Å². The van der Waals surface area contributed by atoms with E-state index in [0.29, 0.717) is 0 Å². The topological polar surface area (TPSA) is 22.8 Å². The van der Waals surface area contributed by atoms with Gasteiger partial charge in [0.05, 0.1) is 17.4 Å². The lowest BCUT2D eigenvalue weighted by molar-refractivity contribution is 0.582. The van der Waals surface area contributed by atoms with Crippen molar-refractivity contribution in [3.05, 3.63) is 65.6 Å². The maximum Gasteiger partial charge on any atom is 0.0958 e. The summed E-state index contributed by atoms with van der Waals surface area (Å²) in [5.74, 6) is 0. The Labute approximate surface area is 142 Å². The highest BCUT2D eigenvalue weighted by atomic mass is 15.0. The average Bonchev–Trinajstić information content (AvgIpc) is 3.12. The van der Waals surface area contributed by atoms with E-state index in [-0.39, 0.29) is 0 Å². The number of imidazole rings is 1. The molecule has 0 atom stereocenters. The van der Waals surface area contributed by atoms with Gasteiger partial charge in [0.15, 0.2) is 0 Å². The lowest BCUT2D eigenvalue weighted by Crippen LogP contribution is -2.02. The van der Waals surface area contributed by atoms with Gasteiger partial charge in [-0.3, -0.25) is 0 Å². The largest absolute Gasteiger partial charge is 0.347 e. The molecule has 0 aliphatic carbocycles. The molecule has 0 radical (unpaired) electrons. The van der Waals surface area contributed by atoms with E-state index in [9.17, 15) is 0 Å². The summed E-state index contributed by atoms with van der Waals surface area (Å²) in [6, 6.07) is 13.3. The van der Waals surface area contributed by atoms with E-state index in [0.717, 1.165) is 25.0 Å². The van der Waals surface area contributed by atoms with Gasteiger partial charge in [0, 0.05) is 24.8 Å². The first-order valence-corrected chi connectivity index (χ1v) is 8.59. The summed E-state index contributed by atoms with van der Waals surface area (Å²) in [7, 11) is 0. The Balaban J connectivity index is 1.52. The molecule has 0 fully saturated rings. The fourth-order valence-electron chi connectivity index (χ4n) is 3.42. The summed E-state index contributed by atoms with van der Waals surface area (Å²) in [5.41, 5.74) is 7.61. The molecule has 2 aromatic heterocycles. The van der Waals surface area contributed by atoms with Gasteiger partial charge >= 0.3 is 0 Å². The summed E-state index contributed by atoms with van der Waals surface area (Å²) in [6.07, 6.45) is 5.26. The van der Waals surface area contributed by atoms with Crippen molar-refractivity contribution in [1.82, 2.24) is 14.1 Å². The maximum absolute atomic E-state index is 4.55. The second-order valence-corrected chi connectivity index (χ2v) is 6.79. The first-order valence-electron chi connectivity index (χ1n) is 8.59. The van der Waals surface area contributed by atoms with E-state index < -0.39 is 0 Å². The molecule has 0 amide bonds. The molecule has 3 nitrogen and oxygen atoms in total. The Kier molecular flexibility index (Phi) is 3.64. The van der Waals surface area contributed by atoms with Gasteiger partial charge in [0.25, 0.3) is 0 Å². The highest BCUT2D eigenvalue weighted by molar-refractivity contribution is 5.80. The third-order valence-corrected chi connectivity index (χ3v) is 4.96. The molecule has 122 valence electrons. The quantitative estimate of drug-likeness (QED) is 0.519. The van der Waals surface area contributed by atoms with Crippen LogP contribution in [0, 0.1) is 20.8 Å². The molecule has 0 N–H and O–H groups in total. The van der Waals surface area contributed by atoms with Crippen LogP contribution in [0.4, 0.5) is 0 Å². The van der Waals surface area contributed by atoms with E-state index in [1.807, 2.05) is 6.33 Å². The van der Waals surface area contributed by atoms with Gasteiger partial charge in [0.2, 0.25) is 0 Å². The zero-order valence-electron chi connectivity index (χ0n) is 14.6. The molecule has 24 heavy (non-hydrogen) atoms. The van der Waals surface area contributed by atoms with Crippen LogP contribution >= 0.6 is 0 Å². The minimum absolute atomic E-state index is 0.991. The molecule has 0 spiro atoms. The number of hydrogen-bond donors (Lipinski definition) is 0. The van der Waals surface area contributed by atoms with Crippen LogP contribution in [0.5, 0.6) is 0 Å². The average molecular weight is 317 g/mol. The van der Waals surface area contributed by atoms with Crippen LogP contribution < -0.4 is 0 Å². The van der Waals surface area contributed by atoms with Crippen molar-refractivity contribution in [1.29, 1.82) is 0 Å². The normalized spacial score (nSPS) is 11.6. The van der Waals surface area contributed by atoms with Crippen molar-refractivity contribution in [2.75, 3.05) is 0 Å².